The topological polar surface area (TPSA) is 158 Å². The SMILES string of the molecule is Nc1ncnc2c1ncn2[C@@H]1O[C@H](COCC(O)COc2cccc3ccccc23)[C@@H](O)[C@H]1O. The second-order valence-corrected chi connectivity index (χ2v) is 8.11. The van der Waals surface area contributed by atoms with E-state index in [0.717, 1.165) is 10.8 Å². The average molecular weight is 467 g/mol. The summed E-state index contributed by atoms with van der Waals surface area (Å²) in [7, 11) is 0. The van der Waals surface area contributed by atoms with Crippen molar-refractivity contribution >= 4 is 27.8 Å². The van der Waals surface area contributed by atoms with Crippen LogP contribution < -0.4 is 10.5 Å². The number of aliphatic hydroxyl groups excluding tert-OH is 3. The second-order valence-electron chi connectivity index (χ2n) is 8.11. The van der Waals surface area contributed by atoms with Crippen molar-refractivity contribution in [2.45, 2.75) is 30.6 Å². The van der Waals surface area contributed by atoms with Gasteiger partial charge >= 0.3 is 0 Å². The van der Waals surface area contributed by atoms with Crippen molar-refractivity contribution in [3.63, 3.8) is 0 Å². The number of fused-ring (bicyclic) bond motifs is 2. The first kappa shape index (κ1) is 22.4. The highest BCUT2D eigenvalue weighted by Crippen LogP contribution is 2.32. The first-order chi connectivity index (χ1) is 16.5. The van der Waals surface area contributed by atoms with Crippen molar-refractivity contribution in [2.75, 3.05) is 25.6 Å². The normalized spacial score (nSPS) is 23.5. The number of aliphatic hydroxyl groups is 3. The molecule has 0 bridgehead atoms. The Morgan fingerprint density at radius 3 is 2.74 bits per heavy atom. The molecule has 1 aliphatic rings. The first-order valence-corrected chi connectivity index (χ1v) is 10.8. The Bertz CT molecular complexity index is 1280. The lowest BCUT2D eigenvalue weighted by atomic mass is 10.1. The molecule has 4 aromatic rings. The summed E-state index contributed by atoms with van der Waals surface area (Å²) in [5.74, 6) is 0.881. The standard InChI is InChI=1S/C23H25N5O6/c24-21-18-22(26-11-25-21)28(12-27-18)23-20(31)19(30)17(34-23)10-32-8-14(29)9-33-16-7-3-5-13-4-1-2-6-15(13)16/h1-7,11-12,14,17,19-20,23,29-31H,8-10H2,(H2,24,25,26)/t14?,17-,19-,20-,23-/m1/s1. The maximum Gasteiger partial charge on any atom is 0.167 e. The fourth-order valence-corrected chi connectivity index (χ4v) is 4.03. The Balaban J connectivity index is 1.15. The van der Waals surface area contributed by atoms with Gasteiger partial charge in [-0.15, -0.1) is 0 Å². The van der Waals surface area contributed by atoms with Crippen LogP contribution in [0.1, 0.15) is 6.23 Å². The predicted molar refractivity (Wildman–Crippen MR) is 122 cm³/mol. The maximum absolute atomic E-state index is 10.5. The van der Waals surface area contributed by atoms with E-state index in [1.165, 1.54) is 17.2 Å². The molecule has 1 fully saturated rings. The molecule has 0 radical (unpaired) electrons. The minimum Gasteiger partial charge on any atom is -0.490 e. The number of nitrogen functional groups attached to an aromatic ring is 1. The average Bonchev–Trinajstić information content (AvgIpc) is 3.40. The van der Waals surface area contributed by atoms with Crippen LogP contribution >= 0.6 is 0 Å². The van der Waals surface area contributed by atoms with Crippen molar-refractivity contribution in [3.05, 3.63) is 55.1 Å². The van der Waals surface area contributed by atoms with Gasteiger partial charge < -0.3 is 35.3 Å². The summed E-state index contributed by atoms with van der Waals surface area (Å²) in [5, 5.41) is 33.2. The molecule has 1 aliphatic heterocycles. The van der Waals surface area contributed by atoms with E-state index in [1.807, 2.05) is 42.5 Å². The zero-order chi connectivity index (χ0) is 23.7. The monoisotopic (exact) mass is 467 g/mol. The van der Waals surface area contributed by atoms with Gasteiger partial charge in [-0.3, -0.25) is 4.57 Å². The van der Waals surface area contributed by atoms with Gasteiger partial charge in [-0.25, -0.2) is 15.0 Å². The molecule has 2 aromatic carbocycles. The Labute approximate surface area is 194 Å². The number of anilines is 1. The van der Waals surface area contributed by atoms with Crippen LogP contribution in [0.2, 0.25) is 0 Å². The van der Waals surface area contributed by atoms with Crippen LogP contribution in [-0.2, 0) is 9.47 Å². The Kier molecular flexibility index (Phi) is 6.26. The van der Waals surface area contributed by atoms with Crippen LogP contribution in [0, 0.1) is 0 Å². The zero-order valence-corrected chi connectivity index (χ0v) is 18.1. The van der Waals surface area contributed by atoms with Gasteiger partial charge in [0.1, 0.15) is 48.6 Å². The summed E-state index contributed by atoms with van der Waals surface area (Å²) in [5.41, 5.74) is 6.56. The molecule has 0 aliphatic carbocycles. The molecule has 5 atom stereocenters. The van der Waals surface area contributed by atoms with E-state index in [-0.39, 0.29) is 25.6 Å². The number of rotatable bonds is 8. The van der Waals surface area contributed by atoms with Crippen molar-refractivity contribution in [1.29, 1.82) is 0 Å². The number of benzene rings is 2. The number of hydrogen-bond donors (Lipinski definition) is 4. The quantitative estimate of drug-likeness (QED) is 0.290. The number of nitrogens with two attached hydrogens (primary N) is 1. The van der Waals surface area contributed by atoms with E-state index < -0.39 is 30.6 Å². The molecular formula is C23H25N5O6. The number of nitrogens with zero attached hydrogens (tertiary/aromatic N) is 4. The third-order valence-electron chi connectivity index (χ3n) is 5.77. The summed E-state index contributed by atoms with van der Waals surface area (Å²) in [6, 6.07) is 13.6. The lowest BCUT2D eigenvalue weighted by Crippen LogP contribution is -2.35. The molecule has 0 saturated carbocycles. The highest BCUT2D eigenvalue weighted by atomic mass is 16.6. The molecule has 34 heavy (non-hydrogen) atoms. The van der Waals surface area contributed by atoms with E-state index in [4.69, 9.17) is 19.9 Å². The summed E-state index contributed by atoms with van der Waals surface area (Å²) >= 11 is 0. The summed E-state index contributed by atoms with van der Waals surface area (Å²) < 4.78 is 18.6. The highest BCUT2D eigenvalue weighted by Gasteiger charge is 2.44. The predicted octanol–water partition coefficient (Wildman–Crippen LogP) is 0.637. The van der Waals surface area contributed by atoms with E-state index >= 15 is 0 Å². The molecule has 5 rings (SSSR count). The van der Waals surface area contributed by atoms with Crippen LogP contribution in [0.4, 0.5) is 5.82 Å². The van der Waals surface area contributed by atoms with Gasteiger partial charge in [0.05, 0.1) is 19.5 Å². The molecule has 3 heterocycles. The number of hydrogen-bond acceptors (Lipinski definition) is 10. The summed E-state index contributed by atoms with van der Waals surface area (Å²) in [6.45, 7) is -0.0326. The molecular weight excluding hydrogens is 442 g/mol. The van der Waals surface area contributed by atoms with Crippen molar-refractivity contribution < 1.29 is 29.5 Å². The lowest BCUT2D eigenvalue weighted by Gasteiger charge is -2.17. The van der Waals surface area contributed by atoms with Gasteiger partial charge in [-0.2, -0.15) is 0 Å². The smallest absolute Gasteiger partial charge is 0.167 e. The number of aromatic nitrogens is 4. The van der Waals surface area contributed by atoms with Crippen LogP contribution in [0.25, 0.3) is 21.9 Å². The summed E-state index contributed by atoms with van der Waals surface area (Å²) in [6.07, 6.45) is -2.36. The van der Waals surface area contributed by atoms with Gasteiger partial charge in [0.2, 0.25) is 0 Å². The Hall–Kier alpha value is -3.35. The van der Waals surface area contributed by atoms with E-state index in [1.54, 1.807) is 0 Å². The lowest BCUT2D eigenvalue weighted by molar-refractivity contribution is -0.0786. The van der Waals surface area contributed by atoms with Gasteiger partial charge in [0, 0.05) is 5.39 Å². The largest absolute Gasteiger partial charge is 0.490 e. The van der Waals surface area contributed by atoms with Gasteiger partial charge in [0.15, 0.2) is 17.7 Å². The van der Waals surface area contributed by atoms with Crippen molar-refractivity contribution in [3.8, 4) is 5.75 Å². The minimum absolute atomic E-state index is 0.0319. The summed E-state index contributed by atoms with van der Waals surface area (Å²) in [4.78, 5) is 12.2. The van der Waals surface area contributed by atoms with Crippen molar-refractivity contribution in [2.24, 2.45) is 0 Å². The number of imidazole rings is 1. The molecule has 1 saturated heterocycles. The van der Waals surface area contributed by atoms with E-state index in [9.17, 15) is 15.3 Å². The maximum atomic E-state index is 10.5. The van der Waals surface area contributed by atoms with Crippen LogP contribution in [0.15, 0.2) is 55.1 Å². The van der Waals surface area contributed by atoms with Crippen LogP contribution in [0.5, 0.6) is 5.75 Å². The third kappa shape index (κ3) is 4.27. The Morgan fingerprint density at radius 2 is 1.85 bits per heavy atom. The fourth-order valence-electron chi connectivity index (χ4n) is 4.03. The second kappa shape index (κ2) is 9.49. The highest BCUT2D eigenvalue weighted by molar-refractivity contribution is 5.88. The minimum atomic E-state index is -1.23. The number of ether oxygens (including phenoxy) is 3. The molecule has 5 N–H and O–H groups in total. The van der Waals surface area contributed by atoms with Gasteiger partial charge in [0.25, 0.3) is 0 Å². The van der Waals surface area contributed by atoms with Crippen LogP contribution in [0.3, 0.4) is 0 Å². The van der Waals surface area contributed by atoms with Gasteiger partial charge in [-0.1, -0.05) is 36.4 Å². The molecule has 1 unspecified atom stereocenters. The Morgan fingerprint density at radius 1 is 1.03 bits per heavy atom. The van der Waals surface area contributed by atoms with E-state index in [2.05, 4.69) is 15.0 Å². The molecule has 11 nitrogen and oxygen atoms in total. The molecule has 2 aromatic heterocycles. The zero-order valence-electron chi connectivity index (χ0n) is 18.1. The van der Waals surface area contributed by atoms with Gasteiger partial charge in [-0.05, 0) is 11.5 Å². The third-order valence-corrected chi connectivity index (χ3v) is 5.77. The molecule has 11 heteroatoms. The van der Waals surface area contributed by atoms with E-state index in [0.29, 0.717) is 16.9 Å². The molecule has 0 amide bonds. The van der Waals surface area contributed by atoms with Crippen LogP contribution in [-0.4, -0.2) is 79.1 Å². The fraction of sp³-hybridized carbons (Fsp3) is 0.348. The first-order valence-electron chi connectivity index (χ1n) is 10.8. The van der Waals surface area contributed by atoms with Crippen molar-refractivity contribution in [1.82, 2.24) is 19.5 Å². The molecule has 0 spiro atoms. The molecule has 178 valence electrons.